The number of sulfonamides is 1. The summed E-state index contributed by atoms with van der Waals surface area (Å²) in [6.07, 6.45) is 7.13. The van der Waals surface area contributed by atoms with E-state index in [0.717, 1.165) is 30.0 Å². The summed E-state index contributed by atoms with van der Waals surface area (Å²) in [5, 5.41) is 12.3. The number of halogens is 1. The Morgan fingerprint density at radius 1 is 1.13 bits per heavy atom. The van der Waals surface area contributed by atoms with E-state index in [0.29, 0.717) is 24.7 Å². The van der Waals surface area contributed by atoms with Crippen molar-refractivity contribution in [3.8, 4) is 6.07 Å². The SMILES string of the molecule is N#Cc1cc(S(=O)(=O)N2CCCC2C(=O)NC2C3CC4CC(C3)CC2C4)ccc1F. The number of nitrogens with one attached hydrogen (secondary N) is 1. The van der Waals surface area contributed by atoms with Crippen molar-refractivity contribution in [2.24, 2.45) is 23.7 Å². The van der Waals surface area contributed by atoms with E-state index in [4.69, 9.17) is 5.26 Å². The van der Waals surface area contributed by atoms with Gasteiger partial charge in [0.25, 0.3) is 0 Å². The molecule has 0 spiro atoms. The van der Waals surface area contributed by atoms with Gasteiger partial charge in [-0.15, -0.1) is 0 Å². The van der Waals surface area contributed by atoms with Crippen LogP contribution in [-0.4, -0.2) is 37.3 Å². The first-order chi connectivity index (χ1) is 14.4. The van der Waals surface area contributed by atoms with Crippen LogP contribution in [0.25, 0.3) is 0 Å². The Morgan fingerprint density at radius 2 is 1.80 bits per heavy atom. The van der Waals surface area contributed by atoms with Crippen LogP contribution < -0.4 is 5.32 Å². The highest BCUT2D eigenvalue weighted by atomic mass is 32.2. The molecule has 1 aromatic rings. The number of nitriles is 1. The molecule has 1 unspecified atom stereocenters. The lowest BCUT2D eigenvalue weighted by Crippen LogP contribution is -2.58. The number of hydrogen-bond acceptors (Lipinski definition) is 4. The fourth-order valence-electron chi connectivity index (χ4n) is 6.60. The van der Waals surface area contributed by atoms with Crippen molar-refractivity contribution in [1.29, 1.82) is 5.26 Å². The zero-order chi connectivity index (χ0) is 21.0. The van der Waals surface area contributed by atoms with Gasteiger partial charge < -0.3 is 5.32 Å². The lowest BCUT2D eigenvalue weighted by molar-refractivity contribution is -0.128. The maximum Gasteiger partial charge on any atom is 0.243 e. The Morgan fingerprint density at radius 3 is 2.43 bits per heavy atom. The summed E-state index contributed by atoms with van der Waals surface area (Å²) in [5.74, 6) is 1.68. The number of nitrogens with zero attached hydrogens (tertiary/aromatic N) is 2. The fourth-order valence-corrected chi connectivity index (χ4v) is 8.28. The topological polar surface area (TPSA) is 90.3 Å². The van der Waals surface area contributed by atoms with Crippen LogP contribution in [0.1, 0.15) is 50.5 Å². The van der Waals surface area contributed by atoms with Crippen molar-refractivity contribution in [1.82, 2.24) is 9.62 Å². The molecule has 5 aliphatic rings. The van der Waals surface area contributed by atoms with Crippen molar-refractivity contribution < 1.29 is 17.6 Å². The number of amides is 1. The molecule has 0 aromatic heterocycles. The second-order valence-corrected chi connectivity index (χ2v) is 11.4. The standard InChI is InChI=1S/C22H26FN3O3S/c23-19-4-3-18(11-17(19)12-24)30(28,29)26-5-1-2-20(26)22(27)25-21-15-7-13-6-14(9-15)10-16(21)8-13/h3-4,11,13-16,20-21H,1-2,5-10H2,(H,25,27). The van der Waals surface area contributed by atoms with E-state index in [1.54, 1.807) is 6.07 Å². The Balaban J connectivity index is 1.35. The number of carbonyl (C=O) groups is 1. The molecule has 8 heteroatoms. The van der Waals surface area contributed by atoms with Gasteiger partial charge >= 0.3 is 0 Å². The van der Waals surface area contributed by atoms with Gasteiger partial charge in [0, 0.05) is 12.6 Å². The van der Waals surface area contributed by atoms with E-state index in [-0.39, 0.29) is 29.0 Å². The molecule has 1 N–H and O–H groups in total. The lowest BCUT2D eigenvalue weighted by atomic mass is 9.54. The van der Waals surface area contributed by atoms with Gasteiger partial charge in [-0.2, -0.15) is 9.57 Å². The van der Waals surface area contributed by atoms with Crippen LogP contribution in [0.5, 0.6) is 0 Å². The van der Waals surface area contributed by atoms with Crippen LogP contribution in [0.2, 0.25) is 0 Å². The van der Waals surface area contributed by atoms with Crippen LogP contribution in [0, 0.1) is 40.8 Å². The normalized spacial score (nSPS) is 35.3. The van der Waals surface area contributed by atoms with Crippen LogP contribution >= 0.6 is 0 Å². The van der Waals surface area contributed by atoms with Gasteiger partial charge in [-0.05, 0) is 86.8 Å². The van der Waals surface area contributed by atoms with Crippen molar-refractivity contribution in [3.63, 3.8) is 0 Å². The third-order valence-electron chi connectivity index (χ3n) is 7.71. The van der Waals surface area contributed by atoms with Gasteiger partial charge in [0.2, 0.25) is 15.9 Å². The monoisotopic (exact) mass is 431 g/mol. The van der Waals surface area contributed by atoms with Crippen molar-refractivity contribution >= 4 is 15.9 Å². The summed E-state index contributed by atoms with van der Waals surface area (Å²) in [5.41, 5.74) is -0.315. The summed E-state index contributed by atoms with van der Waals surface area (Å²) in [6.45, 7) is 0.251. The number of benzene rings is 1. The molecule has 1 atom stereocenters. The van der Waals surface area contributed by atoms with E-state index >= 15 is 0 Å². The minimum Gasteiger partial charge on any atom is -0.351 e. The molecule has 6 rings (SSSR count). The molecule has 4 aliphatic carbocycles. The molecule has 5 fully saturated rings. The predicted molar refractivity (Wildman–Crippen MR) is 107 cm³/mol. The zero-order valence-corrected chi connectivity index (χ0v) is 17.6. The summed E-state index contributed by atoms with van der Waals surface area (Å²) >= 11 is 0. The minimum atomic E-state index is -3.99. The van der Waals surface area contributed by atoms with Gasteiger partial charge in [-0.3, -0.25) is 4.79 Å². The van der Waals surface area contributed by atoms with Gasteiger partial charge in [0.15, 0.2) is 0 Å². The first kappa shape index (κ1) is 20.0. The zero-order valence-electron chi connectivity index (χ0n) is 16.8. The predicted octanol–water partition coefficient (Wildman–Crippen LogP) is 2.79. The largest absolute Gasteiger partial charge is 0.351 e. The minimum absolute atomic E-state index is 0.144. The molecule has 1 saturated heterocycles. The molecule has 4 saturated carbocycles. The summed E-state index contributed by atoms with van der Waals surface area (Å²) in [7, 11) is -3.99. The Bertz CT molecular complexity index is 991. The molecule has 1 amide bonds. The lowest BCUT2D eigenvalue weighted by Gasteiger charge is -2.54. The van der Waals surface area contributed by atoms with Crippen LogP contribution in [0.4, 0.5) is 4.39 Å². The highest BCUT2D eigenvalue weighted by Gasteiger charge is 2.49. The second-order valence-electron chi connectivity index (χ2n) is 9.49. The average molecular weight is 432 g/mol. The molecule has 4 bridgehead atoms. The molecule has 1 heterocycles. The van der Waals surface area contributed by atoms with Crippen molar-refractivity contribution in [2.75, 3.05) is 6.54 Å². The first-order valence-corrected chi connectivity index (χ1v) is 12.3. The van der Waals surface area contributed by atoms with E-state index in [2.05, 4.69) is 5.32 Å². The van der Waals surface area contributed by atoms with Crippen LogP contribution in [0.3, 0.4) is 0 Å². The maximum absolute atomic E-state index is 13.6. The Kier molecular flexibility index (Phi) is 4.86. The van der Waals surface area contributed by atoms with Crippen LogP contribution in [-0.2, 0) is 14.8 Å². The van der Waals surface area contributed by atoms with Gasteiger partial charge in [-0.25, -0.2) is 12.8 Å². The molecule has 30 heavy (non-hydrogen) atoms. The molecule has 1 aromatic carbocycles. The maximum atomic E-state index is 13.6. The highest BCUT2D eigenvalue weighted by molar-refractivity contribution is 7.89. The van der Waals surface area contributed by atoms with Gasteiger partial charge in [-0.1, -0.05) is 0 Å². The molecular weight excluding hydrogens is 405 g/mol. The fraction of sp³-hybridized carbons (Fsp3) is 0.636. The second kappa shape index (κ2) is 7.31. The van der Waals surface area contributed by atoms with Gasteiger partial charge in [0.05, 0.1) is 10.5 Å². The van der Waals surface area contributed by atoms with Crippen molar-refractivity contribution in [3.05, 3.63) is 29.6 Å². The summed E-state index contributed by atoms with van der Waals surface area (Å²) < 4.78 is 41.2. The highest BCUT2D eigenvalue weighted by Crippen LogP contribution is 2.53. The van der Waals surface area contributed by atoms with E-state index < -0.39 is 21.9 Å². The summed E-state index contributed by atoms with van der Waals surface area (Å²) in [4.78, 5) is 13.0. The molecule has 0 radical (unpaired) electrons. The Hall–Kier alpha value is -1.98. The smallest absolute Gasteiger partial charge is 0.243 e. The van der Waals surface area contributed by atoms with Crippen molar-refractivity contribution in [2.45, 2.75) is 61.9 Å². The number of carbonyl (C=O) groups excluding carboxylic acids is 1. The van der Waals surface area contributed by atoms with E-state index in [1.165, 1.54) is 36.4 Å². The molecule has 1 aliphatic heterocycles. The number of rotatable bonds is 4. The average Bonchev–Trinajstić information content (AvgIpc) is 3.21. The third-order valence-corrected chi connectivity index (χ3v) is 9.61. The molecule has 160 valence electrons. The summed E-state index contributed by atoms with van der Waals surface area (Å²) in [6, 6.07) is 4.30. The Labute approximate surface area is 176 Å². The van der Waals surface area contributed by atoms with E-state index in [1.807, 2.05) is 0 Å². The molecule has 6 nitrogen and oxygen atoms in total. The number of hydrogen-bond donors (Lipinski definition) is 1. The van der Waals surface area contributed by atoms with E-state index in [9.17, 15) is 17.6 Å². The quantitative estimate of drug-likeness (QED) is 0.794. The van der Waals surface area contributed by atoms with Gasteiger partial charge in [0.1, 0.15) is 17.9 Å². The third kappa shape index (κ3) is 3.23. The van der Waals surface area contributed by atoms with Crippen LogP contribution in [0.15, 0.2) is 23.1 Å². The first-order valence-electron chi connectivity index (χ1n) is 10.9. The molecular formula is C22H26FN3O3S.